The van der Waals surface area contributed by atoms with Gasteiger partial charge in [-0.1, -0.05) is 24.3 Å². The van der Waals surface area contributed by atoms with E-state index in [1.165, 1.54) is 6.07 Å². The summed E-state index contributed by atoms with van der Waals surface area (Å²) in [7, 11) is 1.62. The molecule has 2 aliphatic rings. The first-order chi connectivity index (χ1) is 15.5. The van der Waals surface area contributed by atoms with Gasteiger partial charge in [0, 0.05) is 39.5 Å². The van der Waals surface area contributed by atoms with Gasteiger partial charge in [0.05, 0.1) is 11.1 Å². The SMILES string of the molecule is CNC(=O)[C@@]1(c2ccccn2)CCCN(C(=O)C2(Cc3ccccc3F)CCOCC2)C1. The molecule has 7 heteroatoms. The summed E-state index contributed by atoms with van der Waals surface area (Å²) in [4.78, 5) is 33.4. The zero-order valence-corrected chi connectivity index (χ0v) is 18.5. The summed E-state index contributed by atoms with van der Waals surface area (Å²) >= 11 is 0. The van der Waals surface area contributed by atoms with E-state index in [9.17, 15) is 14.0 Å². The van der Waals surface area contributed by atoms with E-state index in [2.05, 4.69) is 10.3 Å². The Hall–Kier alpha value is -2.80. The molecule has 4 rings (SSSR count). The molecule has 1 atom stereocenters. The van der Waals surface area contributed by atoms with E-state index < -0.39 is 10.8 Å². The zero-order valence-electron chi connectivity index (χ0n) is 18.5. The van der Waals surface area contributed by atoms with Gasteiger partial charge in [0.1, 0.15) is 11.2 Å². The number of hydrogen-bond donors (Lipinski definition) is 1. The normalized spacial score (nSPS) is 22.9. The summed E-state index contributed by atoms with van der Waals surface area (Å²) in [6, 6.07) is 12.2. The summed E-state index contributed by atoms with van der Waals surface area (Å²) in [6.07, 6.45) is 4.40. The van der Waals surface area contributed by atoms with Crippen molar-refractivity contribution in [1.29, 1.82) is 0 Å². The molecule has 2 saturated heterocycles. The molecule has 0 spiro atoms. The van der Waals surface area contributed by atoms with Crippen LogP contribution in [-0.2, 0) is 26.2 Å². The molecule has 0 unspecified atom stereocenters. The molecular formula is C25H30FN3O3. The molecule has 1 N–H and O–H groups in total. The highest BCUT2D eigenvalue weighted by atomic mass is 19.1. The molecule has 0 aliphatic carbocycles. The maximum absolute atomic E-state index is 14.5. The lowest BCUT2D eigenvalue weighted by molar-refractivity contribution is -0.151. The number of nitrogens with one attached hydrogen (secondary N) is 1. The summed E-state index contributed by atoms with van der Waals surface area (Å²) in [5.41, 5.74) is -0.418. The number of piperidine rings is 1. The van der Waals surface area contributed by atoms with Crippen molar-refractivity contribution in [2.45, 2.75) is 37.5 Å². The second-order valence-electron chi connectivity index (χ2n) is 8.87. The monoisotopic (exact) mass is 439 g/mol. The molecule has 2 aromatic rings. The lowest BCUT2D eigenvalue weighted by atomic mass is 9.71. The molecule has 0 bridgehead atoms. The van der Waals surface area contributed by atoms with Crippen LogP contribution in [0.15, 0.2) is 48.7 Å². The highest BCUT2D eigenvalue weighted by Gasteiger charge is 2.50. The van der Waals surface area contributed by atoms with Crippen molar-refractivity contribution in [3.63, 3.8) is 0 Å². The first kappa shape index (κ1) is 22.4. The number of ether oxygens (including phenoxy) is 1. The number of likely N-dealkylation sites (tertiary alicyclic amines) is 1. The van der Waals surface area contributed by atoms with Gasteiger partial charge in [-0.2, -0.15) is 0 Å². The topological polar surface area (TPSA) is 71.5 Å². The Balaban J connectivity index is 1.66. The molecule has 1 aromatic carbocycles. The van der Waals surface area contributed by atoms with Gasteiger partial charge in [-0.3, -0.25) is 14.6 Å². The van der Waals surface area contributed by atoms with Gasteiger partial charge in [0.25, 0.3) is 0 Å². The zero-order chi connectivity index (χ0) is 22.6. The number of rotatable bonds is 5. The number of hydrogen-bond acceptors (Lipinski definition) is 4. The largest absolute Gasteiger partial charge is 0.381 e. The number of halogens is 1. The number of carbonyl (C=O) groups is 2. The van der Waals surface area contributed by atoms with Crippen LogP contribution in [0, 0.1) is 11.2 Å². The average molecular weight is 440 g/mol. The Bertz CT molecular complexity index is 962. The van der Waals surface area contributed by atoms with Crippen molar-refractivity contribution >= 4 is 11.8 Å². The minimum atomic E-state index is -0.895. The fourth-order valence-corrected chi connectivity index (χ4v) is 5.19. The standard InChI is InChI=1S/C25H30FN3O3/c1-27-22(30)25(21-9-4-5-13-28-21)10-6-14-29(18-25)23(31)24(11-15-32-16-12-24)17-19-7-2-3-8-20(19)26/h2-5,7-9,13H,6,10-12,14-18H2,1H3,(H,27,30)/t25-/m0/s1. The minimum absolute atomic E-state index is 0.0204. The lowest BCUT2D eigenvalue weighted by Gasteiger charge is -2.46. The van der Waals surface area contributed by atoms with Gasteiger partial charge < -0.3 is 15.0 Å². The van der Waals surface area contributed by atoms with E-state index in [1.54, 1.807) is 36.3 Å². The Labute approximate surface area is 188 Å². The van der Waals surface area contributed by atoms with Gasteiger partial charge in [0.15, 0.2) is 0 Å². The van der Waals surface area contributed by atoms with E-state index in [-0.39, 0.29) is 24.2 Å². The van der Waals surface area contributed by atoms with Gasteiger partial charge in [-0.15, -0.1) is 0 Å². The van der Waals surface area contributed by atoms with E-state index in [0.29, 0.717) is 63.1 Å². The van der Waals surface area contributed by atoms with Crippen LogP contribution in [0.1, 0.15) is 36.9 Å². The number of likely N-dealkylation sites (N-methyl/N-ethyl adjacent to an activating group) is 1. The number of amides is 2. The Kier molecular flexibility index (Phi) is 6.55. The van der Waals surface area contributed by atoms with E-state index >= 15 is 0 Å². The molecule has 3 heterocycles. The molecule has 2 amide bonds. The lowest BCUT2D eigenvalue weighted by Crippen LogP contribution is -2.59. The van der Waals surface area contributed by atoms with Crippen LogP contribution in [0.5, 0.6) is 0 Å². The molecule has 2 aliphatic heterocycles. The highest BCUT2D eigenvalue weighted by molar-refractivity contribution is 5.90. The Morgan fingerprint density at radius 2 is 1.88 bits per heavy atom. The summed E-state index contributed by atoms with van der Waals surface area (Å²) in [5, 5.41) is 2.78. The highest BCUT2D eigenvalue weighted by Crippen LogP contribution is 2.40. The van der Waals surface area contributed by atoms with E-state index in [0.717, 1.165) is 0 Å². The third kappa shape index (κ3) is 4.13. The van der Waals surface area contributed by atoms with Gasteiger partial charge in [-0.05, 0) is 55.9 Å². The molecule has 0 radical (unpaired) electrons. The quantitative estimate of drug-likeness (QED) is 0.778. The van der Waals surface area contributed by atoms with Crippen LogP contribution in [0.2, 0.25) is 0 Å². The van der Waals surface area contributed by atoms with Crippen molar-refractivity contribution in [1.82, 2.24) is 15.2 Å². The van der Waals surface area contributed by atoms with E-state index in [1.807, 2.05) is 18.2 Å². The van der Waals surface area contributed by atoms with Gasteiger partial charge >= 0.3 is 0 Å². The van der Waals surface area contributed by atoms with Crippen molar-refractivity contribution < 1.29 is 18.7 Å². The molecule has 6 nitrogen and oxygen atoms in total. The van der Waals surface area contributed by atoms with Crippen LogP contribution in [0.25, 0.3) is 0 Å². The molecule has 1 aromatic heterocycles. The number of benzene rings is 1. The molecular weight excluding hydrogens is 409 g/mol. The van der Waals surface area contributed by atoms with Crippen molar-refractivity contribution in [2.75, 3.05) is 33.4 Å². The van der Waals surface area contributed by atoms with Crippen molar-refractivity contribution in [2.24, 2.45) is 5.41 Å². The number of nitrogens with zero attached hydrogens (tertiary/aromatic N) is 2. The average Bonchev–Trinajstić information content (AvgIpc) is 2.85. The maximum atomic E-state index is 14.5. The second kappa shape index (κ2) is 9.36. The van der Waals surface area contributed by atoms with Gasteiger partial charge in [-0.25, -0.2) is 4.39 Å². The fraction of sp³-hybridized carbons (Fsp3) is 0.480. The molecule has 0 saturated carbocycles. The van der Waals surface area contributed by atoms with Crippen molar-refractivity contribution in [3.8, 4) is 0 Å². The van der Waals surface area contributed by atoms with Gasteiger partial charge in [0.2, 0.25) is 11.8 Å². The summed E-state index contributed by atoms with van der Waals surface area (Å²) < 4.78 is 20.1. The Morgan fingerprint density at radius 3 is 2.56 bits per heavy atom. The molecule has 170 valence electrons. The van der Waals surface area contributed by atoms with Crippen LogP contribution >= 0.6 is 0 Å². The van der Waals surface area contributed by atoms with Crippen LogP contribution in [0.4, 0.5) is 4.39 Å². The first-order valence-corrected chi connectivity index (χ1v) is 11.2. The predicted octanol–water partition coefficient (Wildman–Crippen LogP) is 2.87. The smallest absolute Gasteiger partial charge is 0.233 e. The minimum Gasteiger partial charge on any atom is -0.381 e. The van der Waals surface area contributed by atoms with Crippen LogP contribution in [0.3, 0.4) is 0 Å². The summed E-state index contributed by atoms with van der Waals surface area (Å²) in [6.45, 7) is 1.77. The van der Waals surface area contributed by atoms with Crippen molar-refractivity contribution in [3.05, 3.63) is 65.7 Å². The van der Waals surface area contributed by atoms with Crippen LogP contribution in [-0.4, -0.2) is 55.0 Å². The Morgan fingerprint density at radius 1 is 1.12 bits per heavy atom. The number of aromatic nitrogens is 1. The number of pyridine rings is 1. The summed E-state index contributed by atoms with van der Waals surface area (Å²) in [5.74, 6) is -0.449. The third-order valence-corrected chi connectivity index (χ3v) is 6.99. The maximum Gasteiger partial charge on any atom is 0.233 e. The predicted molar refractivity (Wildman–Crippen MR) is 118 cm³/mol. The van der Waals surface area contributed by atoms with Crippen LogP contribution < -0.4 is 5.32 Å². The fourth-order valence-electron chi connectivity index (χ4n) is 5.19. The number of carbonyl (C=O) groups excluding carboxylic acids is 2. The molecule has 32 heavy (non-hydrogen) atoms. The molecule has 2 fully saturated rings. The second-order valence-corrected chi connectivity index (χ2v) is 8.87. The third-order valence-electron chi connectivity index (χ3n) is 6.99. The van der Waals surface area contributed by atoms with E-state index in [4.69, 9.17) is 4.74 Å². The first-order valence-electron chi connectivity index (χ1n) is 11.2.